The second kappa shape index (κ2) is 29.4. The van der Waals surface area contributed by atoms with Gasteiger partial charge >= 0.3 is 0 Å². The molecule has 2 fully saturated rings. The Morgan fingerprint density at radius 1 is 0.507 bits per heavy atom. The Bertz CT molecular complexity index is 1960. The van der Waals surface area contributed by atoms with Gasteiger partial charge in [0, 0.05) is 47.8 Å². The normalized spacial score (nSPS) is 24.3. The van der Waals surface area contributed by atoms with Crippen LogP contribution in [0.3, 0.4) is 0 Å². The summed E-state index contributed by atoms with van der Waals surface area (Å²) in [6.45, 7) is 3.96. The zero-order valence-electron chi connectivity index (χ0n) is 41.8. The molecule has 2 aliphatic heterocycles. The Morgan fingerprint density at radius 2 is 0.859 bits per heavy atom. The quantitative estimate of drug-likeness (QED) is 0.0170. The molecule has 8 atom stereocenters. The maximum atomic E-state index is 13.0. The third-order valence-corrected chi connectivity index (χ3v) is 14.8. The molecule has 6 rings (SSSR count). The fourth-order valence-corrected chi connectivity index (χ4v) is 10.8. The molecule has 0 bridgehead atoms. The summed E-state index contributed by atoms with van der Waals surface area (Å²) < 4.78 is 36.8. The summed E-state index contributed by atoms with van der Waals surface area (Å²) in [4.78, 5) is -4.67. The summed E-state index contributed by atoms with van der Waals surface area (Å²) >= 11 is 0.529. The number of anilines is 2. The lowest BCUT2D eigenvalue weighted by Crippen LogP contribution is -2.71. The van der Waals surface area contributed by atoms with Crippen molar-refractivity contribution in [2.45, 2.75) is 163 Å². The van der Waals surface area contributed by atoms with E-state index in [1.165, 1.54) is 51.4 Å². The van der Waals surface area contributed by atoms with Crippen molar-refractivity contribution in [3.63, 3.8) is 0 Å². The Kier molecular flexibility index (Phi) is 23.2. The van der Waals surface area contributed by atoms with E-state index in [1.54, 1.807) is 36.4 Å². The third-order valence-electron chi connectivity index (χ3n) is 13.1. The molecule has 0 radical (unpaired) electrons. The van der Waals surface area contributed by atoms with Crippen LogP contribution < -0.4 is 29.6 Å². The van der Waals surface area contributed by atoms with Gasteiger partial charge in [-0.2, -0.15) is 0 Å². The topological polar surface area (TPSA) is 201 Å². The Balaban J connectivity index is 1.26. The van der Waals surface area contributed by atoms with Crippen molar-refractivity contribution in [3.8, 4) is 23.0 Å². The van der Waals surface area contributed by atoms with Gasteiger partial charge in [0.15, 0.2) is 9.87 Å². The Hall–Kier alpha value is -4.29. The van der Waals surface area contributed by atoms with Crippen LogP contribution in [0.25, 0.3) is 0 Å². The summed E-state index contributed by atoms with van der Waals surface area (Å²) in [6, 6.07) is 27.4. The van der Waals surface area contributed by atoms with E-state index in [0.717, 1.165) is 49.7 Å². The minimum atomic E-state index is -2.33. The third kappa shape index (κ3) is 16.9. The van der Waals surface area contributed by atoms with E-state index < -0.39 is 59.6 Å². The predicted octanol–water partition coefficient (Wildman–Crippen LogP) is 8.98. The highest BCUT2D eigenvalue weighted by molar-refractivity contribution is 8.01. The number of benzene rings is 4. The first-order valence-electron chi connectivity index (χ1n) is 26.0. The van der Waals surface area contributed by atoms with Crippen LogP contribution in [0.1, 0.15) is 115 Å². The van der Waals surface area contributed by atoms with Crippen molar-refractivity contribution in [1.82, 2.24) is 0 Å². The van der Waals surface area contributed by atoms with Crippen LogP contribution in [0.5, 0.6) is 23.0 Å². The van der Waals surface area contributed by atoms with E-state index in [-0.39, 0.29) is 26.4 Å². The SMILES string of the molecule is CCCCCCCCCOc1cc(N[C@H]2[C@@H](O)CO[C@H](CO)[C@]2(O)S[C@@]2(O)[C@@H](CO)OC[C@H](O)[C@@H]2Nc2cc(OCCCCCCCCC)cc(OCc3ccccc3)c2)cc(OCc2ccccc2)c1. The largest absolute Gasteiger partial charge is 0.493 e. The predicted molar refractivity (Wildman–Crippen MR) is 279 cm³/mol. The van der Waals surface area contributed by atoms with Crippen LogP contribution in [0.2, 0.25) is 0 Å². The number of rotatable bonds is 32. The van der Waals surface area contributed by atoms with E-state index in [4.69, 9.17) is 28.4 Å². The van der Waals surface area contributed by atoms with Crippen LogP contribution in [0.4, 0.5) is 11.4 Å². The standard InChI is InChI=1S/C56H80N2O12S/c1-3-5-7-9-11-13-21-27-65-45-29-43(31-47(33-45)67-37-41-23-17-15-18-24-41)57-53-49(61)39-69-51(35-59)55(53,63)71-56(64)52(36-60)70-40-50(62)54(56)58-44-30-46(66-28-22-14-12-10-8-6-4-2)34-48(32-44)68-38-42-25-19-16-20-26-42/h15-20,23-26,29-34,49-54,57-64H,3-14,21-22,27-28,35-40H2,1-2H3/t49-,50-,51+,52+,53-,54-,55-,56-/m0/s1. The first-order valence-corrected chi connectivity index (χ1v) is 26.8. The lowest BCUT2D eigenvalue weighted by Gasteiger charge is -2.54. The Labute approximate surface area is 425 Å². The molecule has 4 aromatic rings. The van der Waals surface area contributed by atoms with E-state index in [9.17, 15) is 30.6 Å². The first-order chi connectivity index (χ1) is 34.6. The summed E-state index contributed by atoms with van der Waals surface area (Å²) in [5.74, 6) is 1.96. The van der Waals surface area contributed by atoms with E-state index in [0.29, 0.717) is 59.3 Å². The fraction of sp³-hybridized carbons (Fsp3) is 0.571. The number of thioether (sulfide) groups is 1. The average molecular weight is 1010 g/mol. The van der Waals surface area contributed by atoms with Crippen molar-refractivity contribution in [2.24, 2.45) is 0 Å². The van der Waals surface area contributed by atoms with Crippen LogP contribution >= 0.6 is 11.8 Å². The molecule has 0 aromatic heterocycles. The van der Waals surface area contributed by atoms with Gasteiger partial charge in [0.1, 0.15) is 60.6 Å². The number of aliphatic hydroxyl groups is 6. The molecular formula is C56H80N2O12S. The van der Waals surface area contributed by atoms with Crippen molar-refractivity contribution in [1.29, 1.82) is 0 Å². The van der Waals surface area contributed by atoms with Gasteiger partial charge in [0.2, 0.25) is 0 Å². The summed E-state index contributed by atoms with van der Waals surface area (Å²) in [7, 11) is 0. The highest BCUT2D eigenvalue weighted by Crippen LogP contribution is 2.50. The summed E-state index contributed by atoms with van der Waals surface area (Å²) in [5.41, 5.74) is 2.75. The zero-order valence-corrected chi connectivity index (χ0v) is 42.6. The highest BCUT2D eigenvalue weighted by atomic mass is 32.2. The van der Waals surface area contributed by atoms with Crippen molar-refractivity contribution in [2.75, 3.05) is 50.3 Å². The van der Waals surface area contributed by atoms with E-state index in [2.05, 4.69) is 24.5 Å². The number of hydrogen-bond acceptors (Lipinski definition) is 15. The van der Waals surface area contributed by atoms with Gasteiger partial charge in [0.05, 0.1) is 51.7 Å². The molecule has 0 spiro atoms. The second-order valence-electron chi connectivity index (χ2n) is 18.9. The average Bonchev–Trinajstić information content (AvgIpc) is 3.37. The minimum Gasteiger partial charge on any atom is -0.493 e. The van der Waals surface area contributed by atoms with Gasteiger partial charge < -0.3 is 69.7 Å². The Morgan fingerprint density at radius 3 is 1.23 bits per heavy atom. The smallest absolute Gasteiger partial charge is 0.164 e. The number of aliphatic hydroxyl groups excluding tert-OH is 4. The van der Waals surface area contributed by atoms with Crippen molar-refractivity contribution >= 4 is 23.1 Å². The summed E-state index contributed by atoms with van der Waals surface area (Å²) in [5, 5.41) is 77.6. The van der Waals surface area contributed by atoms with Crippen LogP contribution in [0.15, 0.2) is 97.1 Å². The zero-order chi connectivity index (χ0) is 50.3. The lowest BCUT2D eigenvalue weighted by molar-refractivity contribution is -0.174. The maximum Gasteiger partial charge on any atom is 0.164 e. The molecular weight excluding hydrogens is 925 g/mol. The van der Waals surface area contributed by atoms with Gasteiger partial charge in [-0.05, 0) is 24.0 Å². The lowest BCUT2D eigenvalue weighted by atomic mass is 9.95. The van der Waals surface area contributed by atoms with Gasteiger partial charge in [0.25, 0.3) is 0 Å². The van der Waals surface area contributed by atoms with Gasteiger partial charge in [-0.25, -0.2) is 0 Å². The molecule has 2 saturated heterocycles. The molecule has 71 heavy (non-hydrogen) atoms. The van der Waals surface area contributed by atoms with Gasteiger partial charge in [-0.1, -0.05) is 163 Å². The molecule has 8 N–H and O–H groups in total. The van der Waals surface area contributed by atoms with Crippen molar-refractivity contribution in [3.05, 3.63) is 108 Å². The first kappa shape index (κ1) is 56.0. The van der Waals surface area contributed by atoms with E-state index in [1.807, 2.05) is 60.7 Å². The molecule has 0 unspecified atom stereocenters. The molecule has 0 amide bonds. The van der Waals surface area contributed by atoms with Gasteiger partial charge in [-0.15, -0.1) is 0 Å². The number of hydrogen-bond donors (Lipinski definition) is 8. The summed E-state index contributed by atoms with van der Waals surface area (Å²) in [6.07, 6.45) is 10.3. The molecule has 14 nitrogen and oxygen atoms in total. The highest BCUT2D eigenvalue weighted by Gasteiger charge is 2.62. The molecule has 15 heteroatoms. The molecule has 2 heterocycles. The molecule has 2 aliphatic rings. The number of ether oxygens (including phenoxy) is 6. The molecule has 392 valence electrons. The van der Waals surface area contributed by atoms with Crippen LogP contribution in [-0.2, 0) is 22.7 Å². The molecule has 0 aliphatic carbocycles. The van der Waals surface area contributed by atoms with Crippen LogP contribution in [-0.4, -0.2) is 117 Å². The fourth-order valence-electron chi connectivity index (χ4n) is 9.08. The minimum absolute atomic E-state index is 0.266. The maximum absolute atomic E-state index is 13.0. The van der Waals surface area contributed by atoms with Crippen molar-refractivity contribution < 1.29 is 59.1 Å². The van der Waals surface area contributed by atoms with Gasteiger partial charge in [-0.3, -0.25) is 0 Å². The van der Waals surface area contributed by atoms with Crippen LogP contribution in [0, 0.1) is 0 Å². The molecule has 0 saturated carbocycles. The monoisotopic (exact) mass is 1000 g/mol. The number of nitrogens with one attached hydrogen (secondary N) is 2. The second-order valence-corrected chi connectivity index (χ2v) is 20.4. The number of unbranched alkanes of at least 4 members (excludes halogenated alkanes) is 12. The molecule has 4 aromatic carbocycles. The van der Waals surface area contributed by atoms with E-state index >= 15 is 0 Å².